The summed E-state index contributed by atoms with van der Waals surface area (Å²) in [6, 6.07) is 11.9. The first-order valence-electron chi connectivity index (χ1n) is 9.60. The number of rotatable bonds is 7. The molecule has 3 aromatic rings. The number of carbonyl (C=O) groups is 2. The van der Waals surface area contributed by atoms with Crippen molar-refractivity contribution in [3.05, 3.63) is 71.5 Å². The molecule has 2 aromatic carbocycles. The third-order valence-electron chi connectivity index (χ3n) is 4.26. The Labute approximate surface area is 200 Å². The molecule has 0 unspecified atom stereocenters. The number of hydrogen-bond donors (Lipinski definition) is 4. The Balaban J connectivity index is 0.00000432. The smallest absolute Gasteiger partial charge is 0.251 e. The van der Waals surface area contributed by atoms with Gasteiger partial charge in [0.2, 0.25) is 15.9 Å². The van der Waals surface area contributed by atoms with Gasteiger partial charge in [-0.25, -0.2) is 18.2 Å². The van der Waals surface area contributed by atoms with E-state index in [1.165, 1.54) is 35.1 Å². The molecule has 0 aliphatic heterocycles. The summed E-state index contributed by atoms with van der Waals surface area (Å²) in [6.45, 7) is -0.0375. The number of amides is 2. The molecule has 0 spiro atoms. The van der Waals surface area contributed by atoms with Crippen molar-refractivity contribution in [1.82, 2.24) is 20.3 Å². The van der Waals surface area contributed by atoms with Gasteiger partial charge in [-0.1, -0.05) is 11.1 Å². The summed E-state index contributed by atoms with van der Waals surface area (Å²) < 4.78 is 23.9. The number of sulfonamides is 1. The summed E-state index contributed by atoms with van der Waals surface area (Å²) in [5.74, 6) is 6.63. The number of primary sulfonamides is 1. The van der Waals surface area contributed by atoms with Crippen LogP contribution in [0.15, 0.2) is 59.6 Å². The molecule has 1 aromatic heterocycles. The zero-order valence-electron chi connectivity index (χ0n) is 18.0. The second-order valence-electron chi connectivity index (χ2n) is 6.77. The van der Waals surface area contributed by atoms with Gasteiger partial charge < -0.3 is 21.2 Å². The molecule has 1 heterocycles. The first kappa shape index (κ1) is 26.6. The highest BCUT2D eigenvalue weighted by atomic mass is 32.2. The second-order valence-corrected chi connectivity index (χ2v) is 8.33. The number of benzene rings is 2. The molecule has 0 radical (unpaired) electrons. The largest absolute Gasteiger partial charge is 0.461 e. The van der Waals surface area contributed by atoms with E-state index in [4.69, 9.17) is 10.2 Å². The molecule has 180 valence electrons. The van der Waals surface area contributed by atoms with Crippen LogP contribution in [0.4, 0.5) is 5.69 Å². The van der Waals surface area contributed by atoms with Gasteiger partial charge in [-0.15, -0.1) is 5.10 Å². The van der Waals surface area contributed by atoms with E-state index in [9.17, 15) is 18.0 Å². The lowest BCUT2D eigenvalue weighted by Gasteiger charge is -2.05. The first-order chi connectivity index (χ1) is 16.2. The van der Waals surface area contributed by atoms with Crippen molar-refractivity contribution in [3.63, 3.8) is 0 Å². The Bertz CT molecular complexity index is 1430. The molecule has 0 fully saturated rings. The minimum atomic E-state index is -3.84. The fraction of sp³-hybridized carbons (Fsp3) is 0.0909. The van der Waals surface area contributed by atoms with Crippen molar-refractivity contribution in [2.24, 2.45) is 5.14 Å². The zero-order chi connectivity index (χ0) is 24.6. The number of nitrogens with one attached hydrogen (secondary N) is 2. The molecule has 0 aliphatic carbocycles. The standard InChI is InChI=1S/C22H18N6O5S.H2O/c23-34(32,33)20-10-6-17(7-11-20)22(31)24-13-19-14-28(27-26-19)15-21(30)25-18-8-4-16(5-9-18)3-1-2-12-29;/h4-11,14,29H,13,15H2,(H,24,31)(H,25,30)(H2,23,32,33);1H2. The number of carbonyl (C=O) groups excluding carboxylic acids is 2. The van der Waals surface area contributed by atoms with E-state index in [1.807, 2.05) is 0 Å². The van der Waals surface area contributed by atoms with E-state index >= 15 is 0 Å². The molecule has 0 saturated carbocycles. The molecule has 12 nitrogen and oxygen atoms in total. The van der Waals surface area contributed by atoms with Crippen molar-refractivity contribution >= 4 is 27.5 Å². The molecule has 0 aliphatic rings. The van der Waals surface area contributed by atoms with Crippen LogP contribution in [-0.4, -0.2) is 45.8 Å². The molecule has 7 N–H and O–H groups in total. The van der Waals surface area contributed by atoms with Crippen LogP contribution in [0, 0.1) is 23.9 Å². The van der Waals surface area contributed by atoms with Gasteiger partial charge in [0, 0.05) is 22.7 Å². The summed E-state index contributed by atoms with van der Waals surface area (Å²) in [5.41, 5.74) is 1.91. The fourth-order valence-electron chi connectivity index (χ4n) is 2.68. The SMILES string of the molecule is NS(=O)(=O)c1ccc(C(=O)NCc2cn(CC(=O)Nc3ccc(C#CC#CO)cc3)nn2)cc1.O. The molecule has 2 amide bonds. The lowest BCUT2D eigenvalue weighted by molar-refractivity contribution is -0.116. The summed E-state index contributed by atoms with van der Waals surface area (Å²) in [4.78, 5) is 24.4. The van der Waals surface area contributed by atoms with Crippen LogP contribution >= 0.6 is 0 Å². The van der Waals surface area contributed by atoms with Crippen molar-refractivity contribution in [1.29, 1.82) is 0 Å². The topological polar surface area (TPSA) is 201 Å². The predicted octanol–water partition coefficient (Wildman–Crippen LogP) is -0.646. The Morgan fingerprint density at radius 1 is 1.06 bits per heavy atom. The highest BCUT2D eigenvalue weighted by molar-refractivity contribution is 7.89. The molecule has 13 heteroatoms. The van der Waals surface area contributed by atoms with Gasteiger partial charge in [-0.3, -0.25) is 9.59 Å². The molecule has 0 atom stereocenters. The Kier molecular flexibility index (Phi) is 9.08. The van der Waals surface area contributed by atoms with Gasteiger partial charge in [0.05, 0.1) is 17.6 Å². The van der Waals surface area contributed by atoms with Gasteiger partial charge >= 0.3 is 0 Å². The second kappa shape index (κ2) is 12.0. The van der Waals surface area contributed by atoms with E-state index in [0.29, 0.717) is 16.9 Å². The lowest BCUT2D eigenvalue weighted by Crippen LogP contribution is -2.23. The molecule has 0 bridgehead atoms. The average molecular weight is 497 g/mol. The van der Waals surface area contributed by atoms with Crippen molar-refractivity contribution in [2.75, 3.05) is 5.32 Å². The van der Waals surface area contributed by atoms with Gasteiger partial charge in [0.15, 0.2) is 0 Å². The number of anilines is 1. The average Bonchev–Trinajstić information content (AvgIpc) is 3.25. The summed E-state index contributed by atoms with van der Waals surface area (Å²) in [6.07, 6.45) is 3.21. The van der Waals surface area contributed by atoms with Crippen LogP contribution in [0.2, 0.25) is 0 Å². The molecule has 0 saturated heterocycles. The number of hydrogen-bond acceptors (Lipinski definition) is 7. The Morgan fingerprint density at radius 3 is 2.37 bits per heavy atom. The first-order valence-corrected chi connectivity index (χ1v) is 11.1. The minimum absolute atomic E-state index is 0. The third-order valence-corrected chi connectivity index (χ3v) is 5.19. The van der Waals surface area contributed by atoms with Gasteiger partial charge in [-0.2, -0.15) is 0 Å². The molecular formula is C22H20N6O6S. The summed E-state index contributed by atoms with van der Waals surface area (Å²) >= 11 is 0. The highest BCUT2D eigenvalue weighted by Crippen LogP contribution is 2.10. The van der Waals surface area contributed by atoms with E-state index in [-0.39, 0.29) is 34.9 Å². The van der Waals surface area contributed by atoms with Gasteiger partial charge in [0.25, 0.3) is 5.91 Å². The third kappa shape index (κ3) is 7.99. The van der Waals surface area contributed by atoms with E-state index in [0.717, 1.165) is 0 Å². The maximum Gasteiger partial charge on any atom is 0.251 e. The van der Waals surface area contributed by atoms with E-state index < -0.39 is 15.9 Å². The number of nitrogens with zero attached hydrogens (tertiary/aromatic N) is 3. The van der Waals surface area contributed by atoms with Crippen LogP contribution in [-0.2, 0) is 27.9 Å². The van der Waals surface area contributed by atoms with Crippen LogP contribution in [0.25, 0.3) is 0 Å². The van der Waals surface area contributed by atoms with Crippen LogP contribution < -0.4 is 15.8 Å². The van der Waals surface area contributed by atoms with Crippen LogP contribution in [0.1, 0.15) is 21.6 Å². The zero-order valence-corrected chi connectivity index (χ0v) is 18.8. The lowest BCUT2D eigenvalue weighted by atomic mass is 10.2. The monoisotopic (exact) mass is 496 g/mol. The quantitative estimate of drug-likeness (QED) is 0.311. The fourth-order valence-corrected chi connectivity index (χ4v) is 3.20. The summed E-state index contributed by atoms with van der Waals surface area (Å²) in [7, 11) is -3.84. The Hall–Kier alpha value is -4.69. The molecule has 3 rings (SSSR count). The van der Waals surface area contributed by atoms with E-state index in [1.54, 1.807) is 30.4 Å². The number of aliphatic hydroxyl groups excluding tert-OH is 1. The van der Waals surface area contributed by atoms with Crippen LogP contribution in [0.3, 0.4) is 0 Å². The van der Waals surface area contributed by atoms with Crippen LogP contribution in [0.5, 0.6) is 0 Å². The predicted molar refractivity (Wildman–Crippen MR) is 124 cm³/mol. The van der Waals surface area contributed by atoms with Crippen molar-refractivity contribution in [3.8, 4) is 23.9 Å². The van der Waals surface area contributed by atoms with Crippen molar-refractivity contribution < 1.29 is 28.6 Å². The Morgan fingerprint density at radius 2 is 1.74 bits per heavy atom. The number of aliphatic hydroxyl groups is 1. The minimum Gasteiger partial charge on any atom is -0.461 e. The normalized spacial score (nSPS) is 9.97. The molecular weight excluding hydrogens is 476 g/mol. The number of nitrogens with two attached hydrogens (primary N) is 1. The van der Waals surface area contributed by atoms with Gasteiger partial charge in [-0.05, 0) is 54.5 Å². The summed E-state index contributed by atoms with van der Waals surface area (Å²) in [5, 5.41) is 26.5. The maximum atomic E-state index is 12.2. The van der Waals surface area contributed by atoms with E-state index in [2.05, 4.69) is 38.7 Å². The van der Waals surface area contributed by atoms with Gasteiger partial charge in [0.1, 0.15) is 18.3 Å². The van der Waals surface area contributed by atoms with Crippen molar-refractivity contribution in [2.45, 2.75) is 18.0 Å². The maximum absolute atomic E-state index is 12.2. The number of aromatic nitrogens is 3. The highest BCUT2D eigenvalue weighted by Gasteiger charge is 2.12. The molecule has 35 heavy (non-hydrogen) atoms.